The van der Waals surface area contributed by atoms with Crippen LogP contribution in [0.15, 0.2) is 70.8 Å². The SMILES string of the molecule is COC(=O)CN1C(=S)N(c2ccc(OC)cc2)C(=O)/C1=C/c1cc(OC)c(OCc2ccc(F)cc2)cc1Br. The van der Waals surface area contributed by atoms with Crippen molar-refractivity contribution in [2.45, 2.75) is 6.61 Å². The van der Waals surface area contributed by atoms with Crippen LogP contribution in [0.5, 0.6) is 17.2 Å². The number of hydrogen-bond donors (Lipinski definition) is 0. The summed E-state index contributed by atoms with van der Waals surface area (Å²) in [6.07, 6.45) is 1.61. The Hall–Kier alpha value is -3.96. The number of esters is 1. The molecule has 11 heteroatoms. The van der Waals surface area contributed by atoms with E-state index in [-0.39, 0.29) is 29.8 Å². The minimum absolute atomic E-state index is 0.129. The number of ether oxygens (including phenoxy) is 4. The van der Waals surface area contributed by atoms with E-state index in [4.69, 9.17) is 31.2 Å². The van der Waals surface area contributed by atoms with E-state index in [2.05, 4.69) is 15.9 Å². The lowest BCUT2D eigenvalue weighted by molar-refractivity contribution is -0.140. The van der Waals surface area contributed by atoms with E-state index in [0.717, 1.165) is 5.56 Å². The first-order chi connectivity index (χ1) is 18.7. The van der Waals surface area contributed by atoms with Gasteiger partial charge in [-0.2, -0.15) is 0 Å². The molecular formula is C28H24BrFN2O6S. The largest absolute Gasteiger partial charge is 0.497 e. The van der Waals surface area contributed by atoms with Gasteiger partial charge in [0, 0.05) is 4.47 Å². The molecule has 1 heterocycles. The van der Waals surface area contributed by atoms with Gasteiger partial charge in [-0.25, -0.2) is 4.39 Å². The number of thiocarbonyl (C=S) groups is 1. The summed E-state index contributed by atoms with van der Waals surface area (Å²) in [4.78, 5) is 28.6. The van der Waals surface area contributed by atoms with E-state index in [9.17, 15) is 14.0 Å². The summed E-state index contributed by atoms with van der Waals surface area (Å²) in [7, 11) is 4.31. The van der Waals surface area contributed by atoms with Crippen molar-refractivity contribution in [2.75, 3.05) is 32.8 Å². The molecule has 0 saturated carbocycles. The van der Waals surface area contributed by atoms with Gasteiger partial charge >= 0.3 is 5.97 Å². The molecule has 202 valence electrons. The van der Waals surface area contributed by atoms with Gasteiger partial charge in [0.25, 0.3) is 5.91 Å². The topological polar surface area (TPSA) is 77.5 Å². The Morgan fingerprint density at radius 2 is 1.69 bits per heavy atom. The van der Waals surface area contributed by atoms with E-state index >= 15 is 0 Å². The third-order valence-electron chi connectivity index (χ3n) is 5.86. The number of carbonyl (C=O) groups is 2. The van der Waals surface area contributed by atoms with Crippen LogP contribution in [0.1, 0.15) is 11.1 Å². The van der Waals surface area contributed by atoms with Gasteiger partial charge in [0.1, 0.15) is 30.4 Å². The predicted molar refractivity (Wildman–Crippen MR) is 151 cm³/mol. The van der Waals surface area contributed by atoms with Gasteiger partial charge in [0.15, 0.2) is 16.6 Å². The number of halogens is 2. The maximum Gasteiger partial charge on any atom is 0.325 e. The van der Waals surface area contributed by atoms with E-state index < -0.39 is 11.9 Å². The average Bonchev–Trinajstić information content (AvgIpc) is 3.17. The molecule has 0 spiro atoms. The van der Waals surface area contributed by atoms with Crippen LogP contribution in [0.3, 0.4) is 0 Å². The quantitative estimate of drug-likeness (QED) is 0.182. The molecule has 1 saturated heterocycles. The number of methoxy groups -OCH3 is 3. The van der Waals surface area contributed by atoms with Crippen LogP contribution < -0.4 is 19.1 Å². The molecule has 3 aromatic carbocycles. The fourth-order valence-electron chi connectivity index (χ4n) is 3.81. The van der Waals surface area contributed by atoms with Crippen LogP contribution in [0, 0.1) is 5.82 Å². The lowest BCUT2D eigenvalue weighted by atomic mass is 10.1. The first kappa shape index (κ1) is 28.1. The van der Waals surface area contributed by atoms with Crippen LogP contribution in [-0.2, 0) is 20.9 Å². The normalized spacial score (nSPS) is 14.1. The molecule has 0 bridgehead atoms. The molecule has 0 radical (unpaired) electrons. The number of carbonyl (C=O) groups excluding carboxylic acids is 2. The molecule has 1 amide bonds. The van der Waals surface area contributed by atoms with Crippen molar-refractivity contribution < 1.29 is 32.9 Å². The number of anilines is 1. The molecule has 8 nitrogen and oxygen atoms in total. The van der Waals surface area contributed by atoms with Gasteiger partial charge in [-0.1, -0.05) is 28.1 Å². The Morgan fingerprint density at radius 3 is 2.31 bits per heavy atom. The Balaban J connectivity index is 1.68. The van der Waals surface area contributed by atoms with E-state index in [1.807, 2.05) is 0 Å². The molecule has 1 aliphatic rings. The summed E-state index contributed by atoms with van der Waals surface area (Å²) >= 11 is 9.14. The van der Waals surface area contributed by atoms with Crippen LogP contribution in [0.25, 0.3) is 6.08 Å². The van der Waals surface area contributed by atoms with Gasteiger partial charge in [0.05, 0.1) is 27.0 Å². The summed E-state index contributed by atoms with van der Waals surface area (Å²) in [5.41, 5.74) is 2.05. The maximum atomic E-state index is 13.6. The summed E-state index contributed by atoms with van der Waals surface area (Å²) < 4.78 is 35.3. The molecular weight excluding hydrogens is 591 g/mol. The molecule has 0 unspecified atom stereocenters. The van der Waals surface area contributed by atoms with E-state index in [0.29, 0.717) is 33.0 Å². The van der Waals surface area contributed by atoms with Crippen molar-refractivity contribution >= 4 is 56.9 Å². The maximum absolute atomic E-state index is 13.6. The smallest absolute Gasteiger partial charge is 0.325 e. The third-order valence-corrected chi connectivity index (χ3v) is 6.95. The summed E-state index contributed by atoms with van der Waals surface area (Å²) in [6, 6.07) is 16.2. The summed E-state index contributed by atoms with van der Waals surface area (Å²) in [6.45, 7) is -0.0623. The highest BCUT2D eigenvalue weighted by molar-refractivity contribution is 9.10. The second-order valence-electron chi connectivity index (χ2n) is 8.25. The van der Waals surface area contributed by atoms with Crippen LogP contribution in [0.2, 0.25) is 0 Å². The van der Waals surface area contributed by atoms with Gasteiger partial charge in [-0.15, -0.1) is 0 Å². The summed E-state index contributed by atoms with van der Waals surface area (Å²) in [5, 5.41) is 0.129. The first-order valence-electron chi connectivity index (χ1n) is 11.6. The van der Waals surface area contributed by atoms with Crippen LogP contribution in [0.4, 0.5) is 10.1 Å². The van der Waals surface area contributed by atoms with E-state index in [1.54, 1.807) is 61.7 Å². The van der Waals surface area contributed by atoms with Crippen molar-refractivity contribution in [3.63, 3.8) is 0 Å². The fourth-order valence-corrected chi connectivity index (χ4v) is 4.60. The molecule has 0 aliphatic carbocycles. The van der Waals surface area contributed by atoms with Gasteiger partial charge < -0.3 is 23.8 Å². The monoisotopic (exact) mass is 614 g/mol. The zero-order valence-electron chi connectivity index (χ0n) is 21.3. The summed E-state index contributed by atoms with van der Waals surface area (Å²) in [5.74, 6) is 0.160. The van der Waals surface area contributed by atoms with Crippen LogP contribution >= 0.6 is 28.1 Å². The molecule has 3 aromatic rings. The Bertz CT molecular complexity index is 1430. The predicted octanol–water partition coefficient (Wildman–Crippen LogP) is 5.33. The zero-order valence-corrected chi connectivity index (χ0v) is 23.7. The van der Waals surface area contributed by atoms with E-state index in [1.165, 1.54) is 36.2 Å². The molecule has 0 aromatic heterocycles. The Labute approximate surface area is 238 Å². The zero-order chi connectivity index (χ0) is 28.1. The van der Waals surface area contributed by atoms with Crippen molar-refractivity contribution in [1.82, 2.24) is 4.90 Å². The molecule has 4 rings (SSSR count). The van der Waals surface area contributed by atoms with Gasteiger partial charge in [-0.3, -0.25) is 14.5 Å². The number of benzene rings is 3. The van der Waals surface area contributed by atoms with Gasteiger partial charge in [-0.05, 0) is 78.0 Å². The molecule has 0 atom stereocenters. The van der Waals surface area contributed by atoms with Crippen molar-refractivity contribution in [2.24, 2.45) is 0 Å². The van der Waals surface area contributed by atoms with Crippen molar-refractivity contribution in [3.05, 3.63) is 87.8 Å². The number of amides is 1. The highest BCUT2D eigenvalue weighted by atomic mass is 79.9. The average molecular weight is 615 g/mol. The van der Waals surface area contributed by atoms with Crippen LogP contribution in [-0.4, -0.2) is 49.8 Å². The first-order valence-corrected chi connectivity index (χ1v) is 12.8. The Kier molecular flexibility index (Phi) is 8.82. The number of nitrogens with zero attached hydrogens (tertiary/aromatic N) is 2. The molecule has 1 fully saturated rings. The second-order valence-corrected chi connectivity index (χ2v) is 9.47. The van der Waals surface area contributed by atoms with Gasteiger partial charge in [0.2, 0.25) is 0 Å². The molecule has 1 aliphatic heterocycles. The number of hydrogen-bond acceptors (Lipinski definition) is 7. The highest BCUT2D eigenvalue weighted by Gasteiger charge is 2.40. The molecule has 0 N–H and O–H groups in total. The highest BCUT2D eigenvalue weighted by Crippen LogP contribution is 2.37. The van der Waals surface area contributed by atoms with Crippen molar-refractivity contribution in [1.29, 1.82) is 0 Å². The minimum atomic E-state index is -0.561. The standard InChI is InChI=1S/C28H24BrFN2O6S/c1-35-21-10-8-20(9-11-21)32-27(34)23(31(28(32)39)15-26(33)37-3)12-18-13-24(36-2)25(14-22(18)29)38-16-17-4-6-19(30)7-5-17/h4-14H,15-16H2,1-3H3/b23-12-. The lowest BCUT2D eigenvalue weighted by Gasteiger charge is -2.19. The number of rotatable bonds is 9. The minimum Gasteiger partial charge on any atom is -0.497 e. The fraction of sp³-hybridized carbons (Fsp3) is 0.179. The van der Waals surface area contributed by atoms with Crippen molar-refractivity contribution in [3.8, 4) is 17.2 Å². The second kappa shape index (κ2) is 12.3. The molecule has 39 heavy (non-hydrogen) atoms. The Morgan fingerprint density at radius 1 is 1.00 bits per heavy atom. The third kappa shape index (κ3) is 6.21. The lowest BCUT2D eigenvalue weighted by Crippen LogP contribution is -2.35.